The molecule has 0 radical (unpaired) electrons. The highest BCUT2D eigenvalue weighted by Crippen LogP contribution is 2.36. The van der Waals surface area contributed by atoms with Crippen LogP contribution < -0.4 is 0 Å². The first kappa shape index (κ1) is 21.1. The van der Waals surface area contributed by atoms with Crippen molar-refractivity contribution in [2.24, 2.45) is 0 Å². The topological polar surface area (TPSA) is 59.2 Å². The van der Waals surface area contributed by atoms with Crippen molar-refractivity contribution in [1.29, 1.82) is 0 Å². The molecule has 31 heavy (non-hydrogen) atoms. The molecule has 0 aliphatic rings. The number of aryl methyl sites for hydroxylation is 1. The summed E-state index contributed by atoms with van der Waals surface area (Å²) in [5.41, 5.74) is 1.61. The monoisotopic (exact) mass is 445 g/mol. The largest absolute Gasteiger partial charge is 0.416 e. The van der Waals surface area contributed by atoms with Crippen LogP contribution in [-0.2, 0) is 20.5 Å². The van der Waals surface area contributed by atoms with Crippen LogP contribution in [0.1, 0.15) is 28.4 Å². The third-order valence-corrected chi connectivity index (χ3v) is 6.27. The number of aromatic nitrogens is 1. The minimum atomic E-state index is -4.50. The number of rotatable bonds is 5. The Bertz CT molecular complexity index is 1310. The number of fused-ring (bicyclic) bond motifs is 1. The van der Waals surface area contributed by atoms with E-state index in [1.54, 1.807) is 30.5 Å². The summed E-state index contributed by atoms with van der Waals surface area (Å²) < 4.78 is 70.5. The van der Waals surface area contributed by atoms with Gasteiger partial charge in [-0.25, -0.2) is 0 Å². The van der Waals surface area contributed by atoms with E-state index >= 15 is 0 Å². The molecule has 0 saturated heterocycles. The number of hydrogen-bond donors (Lipinski definition) is 1. The molecule has 0 bridgehead atoms. The van der Waals surface area contributed by atoms with Crippen LogP contribution in [0.4, 0.5) is 13.2 Å². The summed E-state index contributed by atoms with van der Waals surface area (Å²) in [5, 5.41) is 0.714. The Labute approximate surface area is 177 Å². The molecule has 1 heterocycles. The van der Waals surface area contributed by atoms with Crippen LogP contribution in [0, 0.1) is 6.92 Å². The summed E-state index contributed by atoms with van der Waals surface area (Å²) >= 11 is 0. The van der Waals surface area contributed by atoms with Crippen LogP contribution in [-0.4, -0.2) is 13.4 Å². The SMILES string of the molecule is Cc1ccc(S(=O)(=O)OC(c2ccc(C(F)(F)F)cc2)c2c[nH]c3ccccc23)cc1. The molecule has 1 aromatic heterocycles. The minimum absolute atomic E-state index is 0.0325. The highest BCUT2D eigenvalue weighted by molar-refractivity contribution is 7.86. The van der Waals surface area contributed by atoms with E-state index in [9.17, 15) is 21.6 Å². The molecule has 0 fully saturated rings. The number of halogens is 3. The molecule has 4 nitrogen and oxygen atoms in total. The maximum Gasteiger partial charge on any atom is 0.416 e. The molecule has 3 aromatic carbocycles. The van der Waals surface area contributed by atoms with Gasteiger partial charge in [0.2, 0.25) is 0 Å². The van der Waals surface area contributed by atoms with Crippen LogP contribution in [0.2, 0.25) is 0 Å². The fourth-order valence-corrected chi connectivity index (χ4v) is 4.38. The number of nitrogens with one attached hydrogen (secondary N) is 1. The van der Waals surface area contributed by atoms with Gasteiger partial charge in [0.15, 0.2) is 0 Å². The summed E-state index contributed by atoms with van der Waals surface area (Å²) in [5.74, 6) is 0. The molecule has 160 valence electrons. The van der Waals surface area contributed by atoms with Gasteiger partial charge in [-0.1, -0.05) is 48.0 Å². The second kappa shape index (κ2) is 7.86. The third-order valence-electron chi connectivity index (χ3n) is 4.98. The second-order valence-electron chi connectivity index (χ2n) is 7.15. The Balaban J connectivity index is 1.80. The number of H-pyrrole nitrogens is 1. The van der Waals surface area contributed by atoms with Gasteiger partial charge in [-0.3, -0.25) is 4.18 Å². The van der Waals surface area contributed by atoms with Crippen molar-refractivity contribution in [3.8, 4) is 0 Å². The number of hydrogen-bond acceptors (Lipinski definition) is 3. The maximum absolute atomic E-state index is 13.0. The third kappa shape index (κ3) is 4.35. The standard InChI is InChI=1S/C23H18F3NO3S/c1-15-6-12-18(13-7-15)31(28,29)30-22(16-8-10-17(11-9-16)23(24,25)26)20-14-27-21-5-3-2-4-19(20)21/h2-14,22,27H,1H3. The van der Waals surface area contributed by atoms with Crippen LogP contribution >= 0.6 is 0 Å². The quantitative estimate of drug-likeness (QED) is 0.384. The predicted molar refractivity (Wildman–Crippen MR) is 111 cm³/mol. The van der Waals surface area contributed by atoms with Gasteiger partial charge in [0.1, 0.15) is 6.10 Å². The Morgan fingerprint density at radius 3 is 2.19 bits per heavy atom. The van der Waals surface area contributed by atoms with E-state index in [1.807, 2.05) is 19.1 Å². The van der Waals surface area contributed by atoms with Crippen LogP contribution in [0.15, 0.2) is 83.9 Å². The van der Waals surface area contributed by atoms with Crippen molar-refractivity contribution in [1.82, 2.24) is 4.98 Å². The summed E-state index contributed by atoms with van der Waals surface area (Å²) in [7, 11) is -4.19. The summed E-state index contributed by atoms with van der Waals surface area (Å²) in [6.45, 7) is 1.83. The number of alkyl halides is 3. The fourth-order valence-electron chi connectivity index (χ4n) is 3.33. The van der Waals surface area contributed by atoms with E-state index in [-0.39, 0.29) is 10.5 Å². The molecule has 1 unspecified atom stereocenters. The van der Waals surface area contributed by atoms with Crippen molar-refractivity contribution in [3.05, 3.63) is 101 Å². The molecule has 0 spiro atoms. The molecule has 0 aliphatic carbocycles. The Kier molecular flexibility index (Phi) is 5.36. The summed E-state index contributed by atoms with van der Waals surface area (Å²) in [6.07, 6.45) is -4.02. The van der Waals surface area contributed by atoms with E-state index in [4.69, 9.17) is 4.18 Å². The lowest BCUT2D eigenvalue weighted by Crippen LogP contribution is -2.14. The van der Waals surface area contributed by atoms with Crippen molar-refractivity contribution >= 4 is 21.0 Å². The Hall–Kier alpha value is -3.10. The first-order valence-electron chi connectivity index (χ1n) is 9.38. The number of aromatic amines is 1. The zero-order valence-corrected chi connectivity index (χ0v) is 17.2. The van der Waals surface area contributed by atoms with Crippen LogP contribution in [0.5, 0.6) is 0 Å². The molecular weight excluding hydrogens is 427 g/mol. The number of para-hydroxylation sites is 1. The van der Waals surface area contributed by atoms with E-state index in [1.165, 1.54) is 24.3 Å². The Morgan fingerprint density at radius 1 is 0.903 bits per heavy atom. The Morgan fingerprint density at radius 2 is 1.55 bits per heavy atom. The van der Waals surface area contributed by atoms with E-state index in [0.717, 1.165) is 23.2 Å². The van der Waals surface area contributed by atoms with E-state index < -0.39 is 28.0 Å². The lowest BCUT2D eigenvalue weighted by molar-refractivity contribution is -0.137. The fraction of sp³-hybridized carbons (Fsp3) is 0.130. The van der Waals surface area contributed by atoms with Gasteiger partial charge < -0.3 is 4.98 Å². The summed E-state index contributed by atoms with van der Waals surface area (Å²) in [6, 6.07) is 17.7. The normalized spacial score (nSPS) is 13.4. The van der Waals surface area contributed by atoms with Gasteiger partial charge in [0.05, 0.1) is 10.5 Å². The molecule has 1 atom stereocenters. The molecule has 1 N–H and O–H groups in total. The molecule has 0 amide bonds. The first-order valence-corrected chi connectivity index (χ1v) is 10.8. The van der Waals surface area contributed by atoms with E-state index in [0.29, 0.717) is 10.9 Å². The molecule has 8 heteroatoms. The summed E-state index contributed by atoms with van der Waals surface area (Å²) in [4.78, 5) is 3.02. The van der Waals surface area contributed by atoms with Crippen LogP contribution in [0.25, 0.3) is 10.9 Å². The predicted octanol–water partition coefficient (Wildman–Crippen LogP) is 5.99. The lowest BCUT2D eigenvalue weighted by atomic mass is 10.00. The van der Waals surface area contributed by atoms with E-state index in [2.05, 4.69) is 4.98 Å². The van der Waals surface area contributed by atoms with Crippen molar-refractivity contribution < 1.29 is 25.8 Å². The van der Waals surface area contributed by atoms with Crippen molar-refractivity contribution in [2.75, 3.05) is 0 Å². The number of benzene rings is 3. The zero-order chi connectivity index (χ0) is 22.2. The highest BCUT2D eigenvalue weighted by Gasteiger charge is 2.32. The average Bonchev–Trinajstić information content (AvgIpc) is 3.16. The molecular formula is C23H18F3NO3S. The average molecular weight is 445 g/mol. The van der Waals surface area contributed by atoms with Crippen molar-refractivity contribution in [3.63, 3.8) is 0 Å². The van der Waals surface area contributed by atoms with Gasteiger partial charge in [-0.05, 0) is 42.8 Å². The van der Waals surface area contributed by atoms with Gasteiger partial charge >= 0.3 is 6.18 Å². The zero-order valence-electron chi connectivity index (χ0n) is 16.3. The molecule has 4 aromatic rings. The second-order valence-corrected chi connectivity index (χ2v) is 8.72. The first-order chi connectivity index (χ1) is 14.6. The highest BCUT2D eigenvalue weighted by atomic mass is 32.2. The molecule has 4 rings (SSSR count). The minimum Gasteiger partial charge on any atom is -0.361 e. The van der Waals surface area contributed by atoms with Crippen molar-refractivity contribution in [2.45, 2.75) is 24.1 Å². The van der Waals surface area contributed by atoms with Gasteiger partial charge in [-0.2, -0.15) is 21.6 Å². The molecule has 0 aliphatic heterocycles. The van der Waals surface area contributed by atoms with Gasteiger partial charge in [0.25, 0.3) is 10.1 Å². The lowest BCUT2D eigenvalue weighted by Gasteiger charge is -2.19. The maximum atomic E-state index is 13.0. The molecule has 0 saturated carbocycles. The van der Waals surface area contributed by atoms with Crippen LogP contribution in [0.3, 0.4) is 0 Å². The smallest absolute Gasteiger partial charge is 0.361 e. The van der Waals surface area contributed by atoms with Gasteiger partial charge in [0, 0.05) is 22.7 Å². The van der Waals surface area contributed by atoms with Gasteiger partial charge in [-0.15, -0.1) is 0 Å².